The molecule has 1 aromatic carbocycles. The number of methoxy groups -OCH3 is 1. The number of carbonyl (C=O) groups is 4. The minimum atomic E-state index is -1.15. The average molecular weight is 505 g/mol. The number of nitrogens with one attached hydrogen (secondary N) is 2. The lowest BCUT2D eigenvalue weighted by Gasteiger charge is -2.29. The third-order valence-corrected chi connectivity index (χ3v) is 6.54. The maximum Gasteiger partial charge on any atom is 0.255 e. The first-order chi connectivity index (χ1) is 17.2. The van der Waals surface area contributed by atoms with Crippen LogP contribution < -0.4 is 15.4 Å². The molecule has 4 atom stereocenters. The Morgan fingerprint density at radius 3 is 2.67 bits per heavy atom. The van der Waals surface area contributed by atoms with Crippen molar-refractivity contribution in [3.05, 3.63) is 29.8 Å². The summed E-state index contributed by atoms with van der Waals surface area (Å²) in [6, 6.07) is 4.44. The number of likely N-dealkylation sites (N-methyl/N-ethyl adjacent to an activating group) is 1. The van der Waals surface area contributed by atoms with Gasteiger partial charge in [0.05, 0.1) is 30.9 Å². The maximum absolute atomic E-state index is 13.5. The molecule has 11 heteroatoms. The van der Waals surface area contributed by atoms with E-state index >= 15 is 0 Å². The van der Waals surface area contributed by atoms with Gasteiger partial charge in [-0.15, -0.1) is 0 Å². The van der Waals surface area contributed by atoms with Gasteiger partial charge in [-0.25, -0.2) is 0 Å². The van der Waals surface area contributed by atoms with Crippen LogP contribution in [0.3, 0.4) is 0 Å². The lowest BCUT2D eigenvalue weighted by atomic mass is 10.1. The highest BCUT2D eigenvalue weighted by Crippen LogP contribution is 2.22. The third-order valence-electron chi connectivity index (χ3n) is 6.54. The fraction of sp³-hybridized carbons (Fsp3) is 0.600. The summed E-state index contributed by atoms with van der Waals surface area (Å²) in [6.45, 7) is 2.60. The van der Waals surface area contributed by atoms with Crippen LogP contribution in [-0.4, -0.2) is 103 Å². The standard InChI is InChI=1S/C25H36N4O7/c1-16(30)22-25(34)28(2)13-14-36-20-9-5-4-8-18(20)23(32)26-19(10-11-21(31)27-22)24(33)29-12-6-7-17(29)15-35-3/h4-5,8-9,16-17,19,22,30H,6-7,10-15H2,1-3H3,(H,26,32)(H,27,31)/t16-,17+,19+,22+/m1/s1. The summed E-state index contributed by atoms with van der Waals surface area (Å²) in [7, 11) is 3.12. The monoisotopic (exact) mass is 504 g/mol. The quantitative estimate of drug-likeness (QED) is 0.522. The number of hydrogen-bond donors (Lipinski definition) is 3. The second kappa shape index (κ2) is 12.7. The van der Waals surface area contributed by atoms with E-state index in [1.54, 1.807) is 43.3 Å². The Labute approximate surface area is 211 Å². The van der Waals surface area contributed by atoms with Gasteiger partial charge in [-0.2, -0.15) is 0 Å². The summed E-state index contributed by atoms with van der Waals surface area (Å²) in [5, 5.41) is 15.5. The van der Waals surface area contributed by atoms with E-state index in [4.69, 9.17) is 9.47 Å². The molecule has 3 N–H and O–H groups in total. The van der Waals surface area contributed by atoms with Gasteiger partial charge in [0.15, 0.2) is 0 Å². The van der Waals surface area contributed by atoms with E-state index in [0.29, 0.717) is 18.9 Å². The van der Waals surface area contributed by atoms with Gasteiger partial charge < -0.3 is 35.0 Å². The zero-order valence-corrected chi connectivity index (χ0v) is 21.1. The van der Waals surface area contributed by atoms with Crippen molar-refractivity contribution in [2.75, 3.05) is 40.5 Å². The number of aliphatic hydroxyl groups excluding tert-OH is 1. The van der Waals surface area contributed by atoms with Gasteiger partial charge in [-0.1, -0.05) is 12.1 Å². The van der Waals surface area contributed by atoms with Gasteiger partial charge in [0.25, 0.3) is 5.91 Å². The molecule has 0 bridgehead atoms. The number of fused-ring (bicyclic) bond motifs is 1. The van der Waals surface area contributed by atoms with Crippen molar-refractivity contribution in [3.8, 4) is 5.75 Å². The van der Waals surface area contributed by atoms with E-state index < -0.39 is 35.9 Å². The van der Waals surface area contributed by atoms with Crippen molar-refractivity contribution in [2.24, 2.45) is 0 Å². The Morgan fingerprint density at radius 1 is 1.19 bits per heavy atom. The summed E-state index contributed by atoms with van der Waals surface area (Å²) in [6.07, 6.45) is 0.383. The number of rotatable bonds is 4. The molecule has 0 aromatic heterocycles. The Morgan fingerprint density at radius 2 is 1.94 bits per heavy atom. The van der Waals surface area contributed by atoms with Crippen LogP contribution in [0.25, 0.3) is 0 Å². The fourth-order valence-electron chi connectivity index (χ4n) is 4.52. The molecule has 2 heterocycles. The maximum atomic E-state index is 13.5. The predicted molar refractivity (Wildman–Crippen MR) is 130 cm³/mol. The SMILES string of the molecule is COC[C@@H]1CCCN1C(=O)[C@@H]1CCC(=O)N[C@@H]([C@@H](C)O)C(=O)N(C)CCOc2ccccc2C(=O)N1. The van der Waals surface area contributed by atoms with Crippen molar-refractivity contribution < 1.29 is 33.8 Å². The molecule has 0 spiro atoms. The average Bonchev–Trinajstić information content (AvgIpc) is 3.32. The molecule has 0 radical (unpaired) electrons. The second-order valence-corrected chi connectivity index (χ2v) is 9.24. The van der Waals surface area contributed by atoms with Crippen LogP contribution in [0.2, 0.25) is 0 Å². The molecule has 4 amide bonds. The number of aliphatic hydroxyl groups is 1. The van der Waals surface area contributed by atoms with Gasteiger partial charge in [-0.05, 0) is 38.3 Å². The van der Waals surface area contributed by atoms with Crippen LogP contribution in [-0.2, 0) is 19.1 Å². The molecule has 1 saturated heterocycles. The largest absolute Gasteiger partial charge is 0.491 e. The Hall–Kier alpha value is -3.18. The van der Waals surface area contributed by atoms with Crippen molar-refractivity contribution in [1.82, 2.24) is 20.4 Å². The normalized spacial score (nSPS) is 25.1. The molecule has 198 valence electrons. The minimum Gasteiger partial charge on any atom is -0.491 e. The first-order valence-electron chi connectivity index (χ1n) is 12.3. The fourth-order valence-corrected chi connectivity index (χ4v) is 4.52. The van der Waals surface area contributed by atoms with Crippen molar-refractivity contribution in [2.45, 2.75) is 56.8 Å². The second-order valence-electron chi connectivity index (χ2n) is 9.24. The zero-order valence-electron chi connectivity index (χ0n) is 21.1. The number of likely N-dealkylation sites (tertiary alicyclic amines) is 1. The van der Waals surface area contributed by atoms with E-state index in [2.05, 4.69) is 10.6 Å². The number of benzene rings is 1. The van der Waals surface area contributed by atoms with Crippen LogP contribution in [0.4, 0.5) is 0 Å². The highest BCUT2D eigenvalue weighted by Gasteiger charge is 2.35. The first-order valence-corrected chi connectivity index (χ1v) is 12.3. The van der Waals surface area contributed by atoms with E-state index in [1.807, 2.05) is 0 Å². The number of amides is 4. The molecule has 2 aliphatic rings. The Kier molecular flexibility index (Phi) is 9.65. The van der Waals surface area contributed by atoms with Crippen LogP contribution in [0.15, 0.2) is 24.3 Å². The number of nitrogens with zero attached hydrogens (tertiary/aromatic N) is 2. The highest BCUT2D eigenvalue weighted by atomic mass is 16.5. The topological polar surface area (TPSA) is 138 Å². The molecule has 11 nitrogen and oxygen atoms in total. The lowest BCUT2D eigenvalue weighted by molar-refractivity contribution is -0.139. The summed E-state index contributed by atoms with van der Waals surface area (Å²) in [5.41, 5.74) is 0.250. The number of para-hydroxylation sites is 1. The molecular formula is C25H36N4O7. The van der Waals surface area contributed by atoms with Crippen LogP contribution >= 0.6 is 0 Å². The van der Waals surface area contributed by atoms with Gasteiger partial charge in [-0.3, -0.25) is 19.2 Å². The predicted octanol–water partition coefficient (Wildman–Crippen LogP) is -0.0810. The molecule has 0 aliphatic carbocycles. The molecule has 1 aromatic rings. The number of carbonyl (C=O) groups excluding carboxylic acids is 4. The van der Waals surface area contributed by atoms with Gasteiger partial charge in [0.1, 0.15) is 24.4 Å². The summed E-state index contributed by atoms with van der Waals surface area (Å²) in [5.74, 6) is -1.44. The third kappa shape index (κ3) is 6.73. The molecular weight excluding hydrogens is 468 g/mol. The highest BCUT2D eigenvalue weighted by molar-refractivity contribution is 6.00. The summed E-state index contributed by atoms with van der Waals surface area (Å²) < 4.78 is 11.1. The van der Waals surface area contributed by atoms with Gasteiger partial charge in [0.2, 0.25) is 17.7 Å². The summed E-state index contributed by atoms with van der Waals surface area (Å²) in [4.78, 5) is 55.4. The van der Waals surface area contributed by atoms with Crippen LogP contribution in [0, 0.1) is 0 Å². The van der Waals surface area contributed by atoms with E-state index in [9.17, 15) is 24.3 Å². The van der Waals surface area contributed by atoms with Crippen LogP contribution in [0.5, 0.6) is 5.75 Å². The lowest BCUT2D eigenvalue weighted by Crippen LogP contribution is -2.54. The Bertz CT molecular complexity index is 954. The van der Waals surface area contributed by atoms with Gasteiger partial charge >= 0.3 is 0 Å². The van der Waals surface area contributed by atoms with E-state index in [0.717, 1.165) is 12.8 Å². The Balaban J connectivity index is 1.90. The van der Waals surface area contributed by atoms with Gasteiger partial charge in [0, 0.05) is 27.1 Å². The molecule has 1 fully saturated rings. The zero-order chi connectivity index (χ0) is 26.2. The molecule has 0 saturated carbocycles. The molecule has 36 heavy (non-hydrogen) atoms. The molecule has 3 rings (SSSR count). The molecule has 0 unspecified atom stereocenters. The number of ether oxygens (including phenoxy) is 2. The molecule has 2 aliphatic heterocycles. The first kappa shape index (κ1) is 27.4. The van der Waals surface area contributed by atoms with Crippen molar-refractivity contribution in [1.29, 1.82) is 0 Å². The van der Waals surface area contributed by atoms with Crippen molar-refractivity contribution >= 4 is 23.6 Å². The smallest absolute Gasteiger partial charge is 0.255 e. The minimum absolute atomic E-state index is 0.0200. The van der Waals surface area contributed by atoms with E-state index in [1.165, 1.54) is 11.8 Å². The number of hydrogen-bond acceptors (Lipinski definition) is 7. The summed E-state index contributed by atoms with van der Waals surface area (Å²) >= 11 is 0. The van der Waals surface area contributed by atoms with Crippen molar-refractivity contribution in [3.63, 3.8) is 0 Å². The van der Waals surface area contributed by atoms with E-state index in [-0.39, 0.29) is 43.5 Å². The van der Waals surface area contributed by atoms with Crippen LogP contribution in [0.1, 0.15) is 43.0 Å².